The van der Waals surface area contributed by atoms with Crippen LogP contribution in [0.1, 0.15) is 77.6 Å². The molecule has 0 bridgehead atoms. The van der Waals surface area contributed by atoms with Gasteiger partial charge in [0.1, 0.15) is 6.61 Å². The van der Waals surface area contributed by atoms with Crippen molar-refractivity contribution < 1.29 is 4.74 Å². The molecule has 0 aliphatic heterocycles. The number of hydrogen-bond donors (Lipinski definition) is 0. The summed E-state index contributed by atoms with van der Waals surface area (Å²) < 4.78 is 5.15. The van der Waals surface area contributed by atoms with E-state index in [2.05, 4.69) is 19.1 Å². The molecule has 0 aromatic heterocycles. The predicted molar refractivity (Wildman–Crippen MR) is 77.2 cm³/mol. The summed E-state index contributed by atoms with van der Waals surface area (Å²) in [7, 11) is 0. The van der Waals surface area contributed by atoms with E-state index in [1.807, 2.05) is 0 Å². The molecule has 0 rings (SSSR count). The van der Waals surface area contributed by atoms with Gasteiger partial charge in [0.05, 0.1) is 18.8 Å². The van der Waals surface area contributed by atoms with Gasteiger partial charge in [-0.3, -0.25) is 0 Å². The Balaban J connectivity index is 3.00. The van der Waals surface area contributed by atoms with E-state index in [9.17, 15) is 0 Å². The lowest BCUT2D eigenvalue weighted by Gasteiger charge is -2.00. The van der Waals surface area contributed by atoms with Gasteiger partial charge in [0.15, 0.2) is 0 Å². The van der Waals surface area contributed by atoms with Gasteiger partial charge in [0, 0.05) is 0 Å². The second-order valence-corrected chi connectivity index (χ2v) is 4.77. The smallest absolute Gasteiger partial charge is 0.100 e. The maximum atomic E-state index is 8.30. The van der Waals surface area contributed by atoms with Crippen molar-refractivity contribution in [2.45, 2.75) is 77.6 Å². The number of nitrogens with zero attached hydrogens (tertiary/aromatic N) is 1. The Morgan fingerprint density at radius 1 is 0.944 bits per heavy atom. The van der Waals surface area contributed by atoms with Gasteiger partial charge in [-0.25, -0.2) is 0 Å². The minimum Gasteiger partial charge on any atom is -0.500 e. The Morgan fingerprint density at radius 2 is 1.56 bits per heavy atom. The highest BCUT2D eigenvalue weighted by molar-refractivity contribution is 4.75. The average molecular weight is 251 g/mol. The number of allylic oxidation sites excluding steroid dienone is 1. The fraction of sp³-hybridized carbons (Fsp3) is 0.812. The minimum atomic E-state index is 0.475. The van der Waals surface area contributed by atoms with Gasteiger partial charge in [-0.2, -0.15) is 5.26 Å². The van der Waals surface area contributed by atoms with Crippen LogP contribution in [0, 0.1) is 11.3 Å². The molecule has 0 N–H and O–H groups in total. The lowest BCUT2D eigenvalue weighted by atomic mass is 10.1. The summed E-state index contributed by atoms with van der Waals surface area (Å²) in [4.78, 5) is 0. The molecule has 0 aromatic rings. The zero-order valence-electron chi connectivity index (χ0n) is 12.0. The molecule has 0 unspecified atom stereocenters. The van der Waals surface area contributed by atoms with Crippen molar-refractivity contribution in [1.29, 1.82) is 5.26 Å². The van der Waals surface area contributed by atoms with E-state index < -0.39 is 0 Å². The quantitative estimate of drug-likeness (QED) is 0.326. The summed E-state index contributed by atoms with van der Waals surface area (Å²) in [6.45, 7) is 2.78. The highest BCUT2D eigenvalue weighted by Crippen LogP contribution is 2.10. The largest absolute Gasteiger partial charge is 0.500 e. The van der Waals surface area contributed by atoms with Crippen LogP contribution in [0.5, 0.6) is 0 Å². The van der Waals surface area contributed by atoms with Crippen LogP contribution in [-0.4, -0.2) is 6.61 Å². The molecule has 0 amide bonds. The topological polar surface area (TPSA) is 33.0 Å². The second kappa shape index (κ2) is 16.0. The Bertz CT molecular complexity index is 218. The normalized spacial score (nSPS) is 10.7. The Labute approximate surface area is 113 Å². The van der Waals surface area contributed by atoms with Crippen molar-refractivity contribution in [1.82, 2.24) is 0 Å². The summed E-state index contributed by atoms with van der Waals surface area (Å²) in [5.74, 6) is 0. The molecule has 18 heavy (non-hydrogen) atoms. The average Bonchev–Trinajstić information content (AvgIpc) is 2.39. The Morgan fingerprint density at radius 3 is 2.17 bits per heavy atom. The van der Waals surface area contributed by atoms with Crippen LogP contribution in [0.15, 0.2) is 12.3 Å². The van der Waals surface area contributed by atoms with Crippen molar-refractivity contribution in [3.8, 4) is 6.07 Å². The molecule has 2 heteroatoms. The first-order valence-corrected chi connectivity index (χ1v) is 7.55. The fourth-order valence-electron chi connectivity index (χ4n) is 1.88. The van der Waals surface area contributed by atoms with Gasteiger partial charge in [-0.05, 0) is 18.9 Å². The first-order valence-electron chi connectivity index (χ1n) is 7.55. The third-order valence-corrected chi connectivity index (χ3v) is 3.00. The van der Waals surface area contributed by atoms with E-state index in [1.165, 1.54) is 57.8 Å². The summed E-state index contributed by atoms with van der Waals surface area (Å²) in [5, 5.41) is 8.30. The Hall–Kier alpha value is -0.970. The van der Waals surface area contributed by atoms with Crippen molar-refractivity contribution in [3.63, 3.8) is 0 Å². The van der Waals surface area contributed by atoms with Crippen LogP contribution >= 0.6 is 0 Å². The molecule has 0 saturated carbocycles. The summed E-state index contributed by atoms with van der Waals surface area (Å²) in [6.07, 6.45) is 17.7. The van der Waals surface area contributed by atoms with Gasteiger partial charge in [0.25, 0.3) is 0 Å². The van der Waals surface area contributed by atoms with E-state index in [1.54, 1.807) is 6.26 Å². The number of rotatable bonds is 13. The molecule has 0 fully saturated rings. The van der Waals surface area contributed by atoms with Crippen LogP contribution in [-0.2, 0) is 4.74 Å². The van der Waals surface area contributed by atoms with E-state index in [0.29, 0.717) is 13.0 Å². The first kappa shape index (κ1) is 17.0. The van der Waals surface area contributed by atoms with Crippen LogP contribution in [0.4, 0.5) is 0 Å². The van der Waals surface area contributed by atoms with Crippen molar-refractivity contribution in [2.24, 2.45) is 0 Å². The number of ether oxygens (including phenoxy) is 1. The summed E-state index contributed by atoms with van der Waals surface area (Å²) in [5.41, 5.74) is 0. The van der Waals surface area contributed by atoms with E-state index in [4.69, 9.17) is 10.00 Å². The Kier molecular flexibility index (Phi) is 15.2. The molecule has 0 aliphatic rings. The molecule has 0 aromatic carbocycles. The monoisotopic (exact) mass is 251 g/mol. The zero-order valence-corrected chi connectivity index (χ0v) is 12.0. The molecule has 0 heterocycles. The SMILES string of the molecule is CCCCCCCCCCC/C=C/OCCC#N. The van der Waals surface area contributed by atoms with Crippen LogP contribution in [0.3, 0.4) is 0 Å². The third-order valence-electron chi connectivity index (χ3n) is 3.00. The van der Waals surface area contributed by atoms with Crippen LogP contribution < -0.4 is 0 Å². The number of hydrogen-bond acceptors (Lipinski definition) is 2. The molecule has 0 atom stereocenters. The summed E-state index contributed by atoms with van der Waals surface area (Å²) in [6, 6.07) is 2.05. The van der Waals surface area contributed by atoms with Crippen molar-refractivity contribution in [2.75, 3.05) is 6.61 Å². The fourth-order valence-corrected chi connectivity index (χ4v) is 1.88. The lowest BCUT2D eigenvalue weighted by Crippen LogP contribution is -1.84. The van der Waals surface area contributed by atoms with Crippen molar-refractivity contribution in [3.05, 3.63) is 12.3 Å². The van der Waals surface area contributed by atoms with Gasteiger partial charge in [0.2, 0.25) is 0 Å². The first-order chi connectivity index (χ1) is 8.91. The van der Waals surface area contributed by atoms with Crippen LogP contribution in [0.2, 0.25) is 0 Å². The second-order valence-electron chi connectivity index (χ2n) is 4.77. The molecule has 2 nitrogen and oxygen atoms in total. The third kappa shape index (κ3) is 15.0. The van der Waals surface area contributed by atoms with Crippen molar-refractivity contribution >= 4 is 0 Å². The molecule has 0 spiro atoms. The number of unbranched alkanes of at least 4 members (excludes halogenated alkanes) is 9. The van der Waals surface area contributed by atoms with Gasteiger partial charge < -0.3 is 4.74 Å². The van der Waals surface area contributed by atoms with Gasteiger partial charge in [-0.1, -0.05) is 58.3 Å². The van der Waals surface area contributed by atoms with Gasteiger partial charge in [-0.15, -0.1) is 0 Å². The molecular weight excluding hydrogens is 222 g/mol. The van der Waals surface area contributed by atoms with Crippen LogP contribution in [0.25, 0.3) is 0 Å². The van der Waals surface area contributed by atoms with E-state index in [0.717, 1.165) is 6.42 Å². The molecule has 0 aliphatic carbocycles. The zero-order chi connectivity index (χ0) is 13.3. The lowest BCUT2D eigenvalue weighted by molar-refractivity contribution is 0.256. The van der Waals surface area contributed by atoms with E-state index >= 15 is 0 Å². The molecular formula is C16H29NO. The molecule has 104 valence electrons. The van der Waals surface area contributed by atoms with E-state index in [-0.39, 0.29) is 0 Å². The van der Waals surface area contributed by atoms with Gasteiger partial charge >= 0.3 is 0 Å². The highest BCUT2D eigenvalue weighted by Gasteiger charge is 1.91. The molecule has 0 saturated heterocycles. The molecule has 0 radical (unpaired) electrons. The highest BCUT2D eigenvalue weighted by atomic mass is 16.5. The maximum Gasteiger partial charge on any atom is 0.100 e. The standard InChI is InChI=1S/C16H29NO/c1-2-3-4-5-6-7-8-9-10-11-12-15-18-16-13-14-17/h12,15H,2-11,13,16H2,1H3/b15-12+. The maximum absolute atomic E-state index is 8.30. The summed E-state index contributed by atoms with van der Waals surface area (Å²) >= 11 is 0. The predicted octanol–water partition coefficient (Wildman–Crippen LogP) is 5.35. The minimum absolute atomic E-state index is 0.475. The number of nitriles is 1.